The van der Waals surface area contributed by atoms with Crippen molar-refractivity contribution in [1.29, 1.82) is 0 Å². The van der Waals surface area contributed by atoms with Crippen LogP contribution in [0.4, 0.5) is 23.0 Å². The van der Waals surface area contributed by atoms with Crippen LogP contribution >= 0.6 is 11.6 Å². The van der Waals surface area contributed by atoms with Crippen molar-refractivity contribution in [1.82, 2.24) is 49.7 Å². The number of para-hydroxylation sites is 2. The molecule has 0 saturated carbocycles. The third-order valence-corrected chi connectivity index (χ3v) is 9.82. The van der Waals surface area contributed by atoms with Gasteiger partial charge in [0, 0.05) is 59.2 Å². The van der Waals surface area contributed by atoms with Crippen LogP contribution in [0.1, 0.15) is 36.5 Å². The molecule has 9 rings (SSSR count). The molecule has 0 amide bonds. The molecule has 17 nitrogen and oxygen atoms in total. The summed E-state index contributed by atoms with van der Waals surface area (Å²) in [7, 11) is 0. The van der Waals surface area contributed by atoms with Gasteiger partial charge in [0.1, 0.15) is 11.0 Å². The average molecular weight is 832 g/mol. The van der Waals surface area contributed by atoms with E-state index in [1.807, 2.05) is 48.8 Å². The number of fused-ring (bicyclic) bond motifs is 2. The molecule has 0 unspecified atom stereocenters. The summed E-state index contributed by atoms with van der Waals surface area (Å²) in [6, 6.07) is 26.3. The summed E-state index contributed by atoms with van der Waals surface area (Å²) in [5, 5.41) is 43.0. The van der Waals surface area contributed by atoms with Gasteiger partial charge in [0.2, 0.25) is 0 Å². The van der Waals surface area contributed by atoms with Gasteiger partial charge in [-0.3, -0.25) is 39.6 Å². The maximum Gasteiger partial charge on any atom is 0.274 e. The summed E-state index contributed by atoms with van der Waals surface area (Å²) in [5.41, 5.74) is 8.73. The second kappa shape index (κ2) is 17.4. The number of anilines is 2. The molecule has 0 spiro atoms. The minimum absolute atomic E-state index is 0.0739. The minimum atomic E-state index is -0.386. The normalized spacial score (nSPS) is 11.1. The summed E-state index contributed by atoms with van der Waals surface area (Å²) in [4.78, 5) is 39.5. The fourth-order valence-electron chi connectivity index (χ4n) is 6.46. The summed E-state index contributed by atoms with van der Waals surface area (Å²) >= 11 is 5.94. The van der Waals surface area contributed by atoms with Gasteiger partial charge in [0.25, 0.3) is 11.4 Å². The number of nitrogens with one attached hydrogen (secondary N) is 1. The maximum absolute atomic E-state index is 11.3. The van der Waals surface area contributed by atoms with Crippen LogP contribution in [0.25, 0.3) is 44.3 Å². The van der Waals surface area contributed by atoms with Gasteiger partial charge in [0.15, 0.2) is 5.82 Å². The lowest BCUT2D eigenvalue weighted by Gasteiger charge is -2.09. The third kappa shape index (κ3) is 9.32. The number of rotatable bonds is 11. The fraction of sp³-hybridized carbons (Fsp3) is 0.116. The van der Waals surface area contributed by atoms with Gasteiger partial charge in [-0.2, -0.15) is 15.3 Å². The Kier molecular flexibility index (Phi) is 11.4. The molecule has 0 aliphatic rings. The molecule has 0 aliphatic carbocycles. The first-order valence-corrected chi connectivity index (χ1v) is 19.2. The van der Waals surface area contributed by atoms with E-state index >= 15 is 0 Å². The Morgan fingerprint density at radius 2 is 1.16 bits per heavy atom. The Balaban J connectivity index is 0.000000176. The Bertz CT molecular complexity index is 3060. The first-order chi connectivity index (χ1) is 29.6. The molecule has 18 heteroatoms. The topological polar surface area (TPSA) is 211 Å². The quantitative estimate of drug-likeness (QED) is 0.0732. The predicted octanol–water partition coefficient (Wildman–Crippen LogP) is 9.21. The summed E-state index contributed by atoms with van der Waals surface area (Å²) in [5.74, 6) is 1.61. The Labute approximate surface area is 352 Å². The van der Waals surface area contributed by atoms with E-state index in [2.05, 4.69) is 54.5 Å². The lowest BCUT2D eigenvalue weighted by Crippen LogP contribution is -2.03. The van der Waals surface area contributed by atoms with E-state index in [4.69, 9.17) is 16.6 Å². The number of aromatic nitrogens is 10. The van der Waals surface area contributed by atoms with Crippen molar-refractivity contribution < 1.29 is 9.85 Å². The van der Waals surface area contributed by atoms with Gasteiger partial charge in [-0.1, -0.05) is 61.8 Å². The summed E-state index contributed by atoms with van der Waals surface area (Å²) < 4.78 is 3.33. The molecule has 0 bridgehead atoms. The molecule has 61 heavy (non-hydrogen) atoms. The van der Waals surface area contributed by atoms with Crippen LogP contribution in [0.3, 0.4) is 0 Å². The highest BCUT2D eigenvalue weighted by atomic mass is 35.5. The van der Waals surface area contributed by atoms with Gasteiger partial charge in [0.05, 0.1) is 74.7 Å². The van der Waals surface area contributed by atoms with Crippen LogP contribution < -0.4 is 5.32 Å². The van der Waals surface area contributed by atoms with E-state index in [1.165, 1.54) is 12.1 Å². The molecular weight excluding hydrogens is 798 g/mol. The zero-order chi connectivity index (χ0) is 42.5. The monoisotopic (exact) mass is 831 g/mol. The van der Waals surface area contributed by atoms with Crippen molar-refractivity contribution in [2.45, 2.75) is 32.9 Å². The van der Waals surface area contributed by atoms with Crippen molar-refractivity contribution in [3.8, 4) is 22.3 Å². The van der Waals surface area contributed by atoms with Gasteiger partial charge < -0.3 is 5.32 Å². The van der Waals surface area contributed by atoms with Crippen molar-refractivity contribution in [2.75, 3.05) is 5.32 Å². The molecule has 9 aromatic rings. The van der Waals surface area contributed by atoms with Crippen LogP contribution in [-0.2, 0) is 13.1 Å². The molecule has 7 aromatic heterocycles. The molecule has 0 radical (unpaired) electrons. The summed E-state index contributed by atoms with van der Waals surface area (Å²) in [6.45, 7) is 4.81. The number of hydrogen-bond acceptors (Lipinski definition) is 13. The standard InChI is InChI=1S/C25H22N8O2.C18H12ClN5O2/c1-16(2)18-10-25(31-27-12-18)30-24-8-7-21-22(29-24)9-19(11-26-21)20-13-28-32(15-20)14-17-5-3-4-6-23(17)33(34)35;19-18-6-5-15-16(22-18)7-13(8-20-15)14-9-21-23(11-14)10-12-3-1-2-4-17(12)24(25)26/h3-13,15-16H,14H2,1-2H3,(H,29,30,31);1-9,11H,10H2. The fourth-order valence-corrected chi connectivity index (χ4v) is 6.61. The third-order valence-electron chi connectivity index (χ3n) is 9.61. The first kappa shape index (κ1) is 39.8. The van der Waals surface area contributed by atoms with Gasteiger partial charge >= 0.3 is 0 Å². The van der Waals surface area contributed by atoms with Gasteiger partial charge in [-0.05, 0) is 53.9 Å². The highest BCUT2D eigenvalue weighted by Gasteiger charge is 2.16. The second-order valence-corrected chi connectivity index (χ2v) is 14.5. The molecule has 302 valence electrons. The number of halogens is 1. The molecule has 0 fully saturated rings. The first-order valence-electron chi connectivity index (χ1n) is 18.9. The van der Waals surface area contributed by atoms with Gasteiger partial charge in [-0.25, -0.2) is 9.97 Å². The molecule has 0 atom stereocenters. The zero-order valence-corrected chi connectivity index (χ0v) is 33.3. The second-order valence-electron chi connectivity index (χ2n) is 14.1. The van der Waals surface area contributed by atoms with Crippen LogP contribution in [0.15, 0.2) is 134 Å². The van der Waals surface area contributed by atoms with Crippen molar-refractivity contribution in [2.24, 2.45) is 0 Å². The summed E-state index contributed by atoms with van der Waals surface area (Å²) in [6.07, 6.45) is 12.3. The molecule has 7 heterocycles. The Morgan fingerprint density at radius 3 is 1.72 bits per heavy atom. The van der Waals surface area contributed by atoms with Crippen LogP contribution in [-0.4, -0.2) is 59.5 Å². The molecule has 1 N–H and O–H groups in total. The minimum Gasteiger partial charge on any atom is -0.323 e. The number of pyridine rings is 4. The Hall–Kier alpha value is -8.05. The number of benzene rings is 2. The smallest absolute Gasteiger partial charge is 0.274 e. The molecule has 0 saturated heterocycles. The van der Waals surface area contributed by atoms with Crippen molar-refractivity contribution in [3.63, 3.8) is 0 Å². The van der Waals surface area contributed by atoms with E-state index < -0.39 is 0 Å². The van der Waals surface area contributed by atoms with Crippen LogP contribution in [0.5, 0.6) is 0 Å². The zero-order valence-electron chi connectivity index (χ0n) is 32.6. The number of nitrogens with zero attached hydrogens (tertiary/aromatic N) is 12. The highest BCUT2D eigenvalue weighted by molar-refractivity contribution is 6.29. The SMILES string of the molecule is CC(C)c1cnnc(Nc2ccc3ncc(-c4cnn(Cc5ccccc5[N+](=O)[O-])c4)cc3n2)c1.O=[N+]([O-])c1ccccc1Cn1cc(-c2cnc3ccc(Cl)nc3c2)cn1. The highest BCUT2D eigenvalue weighted by Crippen LogP contribution is 2.27. The van der Waals surface area contributed by atoms with E-state index in [-0.39, 0.29) is 21.2 Å². The number of hydrogen-bond donors (Lipinski definition) is 1. The lowest BCUT2D eigenvalue weighted by atomic mass is 10.1. The maximum atomic E-state index is 11.3. The van der Waals surface area contributed by atoms with Crippen LogP contribution in [0.2, 0.25) is 5.15 Å². The van der Waals surface area contributed by atoms with Gasteiger partial charge in [-0.15, -0.1) is 5.10 Å². The van der Waals surface area contributed by atoms with Crippen molar-refractivity contribution >= 4 is 56.7 Å². The average Bonchev–Trinajstić information content (AvgIpc) is 3.94. The van der Waals surface area contributed by atoms with Crippen LogP contribution in [0, 0.1) is 20.2 Å². The largest absolute Gasteiger partial charge is 0.323 e. The van der Waals surface area contributed by atoms with Crippen molar-refractivity contribution in [3.05, 3.63) is 176 Å². The molecule has 2 aromatic carbocycles. The molecular formula is C43H34ClN13O4. The number of nitro benzene ring substituents is 2. The lowest BCUT2D eigenvalue weighted by molar-refractivity contribution is -0.385. The molecule has 0 aliphatic heterocycles. The predicted molar refractivity (Wildman–Crippen MR) is 230 cm³/mol. The van der Waals surface area contributed by atoms with E-state index in [9.17, 15) is 20.2 Å². The van der Waals surface area contributed by atoms with E-state index in [0.717, 1.165) is 38.9 Å². The number of nitro groups is 2. The Morgan fingerprint density at radius 1 is 0.623 bits per heavy atom. The van der Waals surface area contributed by atoms with E-state index in [0.29, 0.717) is 58.0 Å². The van der Waals surface area contributed by atoms with E-state index in [1.54, 1.807) is 82.8 Å².